The van der Waals surface area contributed by atoms with Crippen molar-refractivity contribution >= 4 is 11.9 Å². The van der Waals surface area contributed by atoms with Gasteiger partial charge in [0.25, 0.3) is 11.9 Å². The van der Waals surface area contributed by atoms with Crippen LogP contribution in [0.5, 0.6) is 0 Å². The van der Waals surface area contributed by atoms with E-state index in [-0.39, 0.29) is 5.91 Å². The number of benzene rings is 1. The van der Waals surface area contributed by atoms with Gasteiger partial charge in [0, 0.05) is 18.7 Å². The van der Waals surface area contributed by atoms with Gasteiger partial charge in [-0.3, -0.25) is 4.79 Å². The second-order valence-corrected chi connectivity index (χ2v) is 7.36. The number of amides is 1. The molecule has 1 amide bonds. The second kappa shape index (κ2) is 8.99. The van der Waals surface area contributed by atoms with E-state index in [0.29, 0.717) is 30.2 Å². The zero-order chi connectivity index (χ0) is 18.4. The number of ether oxygens (including phenoxy) is 1. The van der Waals surface area contributed by atoms with Crippen molar-refractivity contribution in [1.29, 1.82) is 0 Å². The van der Waals surface area contributed by atoms with Crippen LogP contribution in [0.3, 0.4) is 0 Å². The summed E-state index contributed by atoms with van der Waals surface area (Å²) in [6, 6.07) is 8.33. The highest BCUT2D eigenvalue weighted by Gasteiger charge is 2.25. The lowest BCUT2D eigenvalue weighted by molar-refractivity contribution is 0.0984. The zero-order valence-corrected chi connectivity index (χ0v) is 16.2. The van der Waals surface area contributed by atoms with Crippen molar-refractivity contribution in [2.45, 2.75) is 39.7 Å². The van der Waals surface area contributed by atoms with E-state index in [9.17, 15) is 4.79 Å². The number of rotatable bonds is 4. The predicted molar refractivity (Wildman–Crippen MR) is 102 cm³/mol. The molecule has 25 heavy (non-hydrogen) atoms. The van der Waals surface area contributed by atoms with Gasteiger partial charge in [0.15, 0.2) is 0 Å². The minimum absolute atomic E-state index is 0.239. The first-order valence-electron chi connectivity index (χ1n) is 9.11. The monoisotopic (exact) mass is 345 g/mol. The van der Waals surface area contributed by atoms with Crippen molar-refractivity contribution in [1.82, 2.24) is 9.80 Å². The number of aryl methyl sites for hydroxylation is 1. The van der Waals surface area contributed by atoms with E-state index in [0.717, 1.165) is 31.5 Å². The lowest BCUT2D eigenvalue weighted by Gasteiger charge is -2.36. The normalized spacial score (nSPS) is 17.0. The largest absolute Gasteiger partial charge is 0.465 e. The van der Waals surface area contributed by atoms with Gasteiger partial charge in [-0.25, -0.2) is 0 Å². The first-order valence-corrected chi connectivity index (χ1v) is 9.11. The fourth-order valence-electron chi connectivity index (χ4n) is 2.95. The van der Waals surface area contributed by atoms with Crippen LogP contribution >= 0.6 is 0 Å². The van der Waals surface area contributed by atoms with Gasteiger partial charge in [0.2, 0.25) is 0 Å². The number of piperidine rings is 1. The lowest BCUT2D eigenvalue weighted by Crippen LogP contribution is -2.45. The molecule has 138 valence electrons. The SMILES string of the molecule is Cc1ccccc1C(=O)N=C(OCC(C)C)N(C)C1CCN(C)CC1. The van der Waals surface area contributed by atoms with Crippen LogP contribution in [0.1, 0.15) is 42.6 Å². The molecule has 1 fully saturated rings. The van der Waals surface area contributed by atoms with Gasteiger partial charge in [0.1, 0.15) is 0 Å². The lowest BCUT2D eigenvalue weighted by atomic mass is 10.0. The molecule has 5 heteroatoms. The molecule has 1 aliphatic heterocycles. The average Bonchev–Trinajstić information content (AvgIpc) is 2.58. The fraction of sp³-hybridized carbons (Fsp3) is 0.600. The molecule has 0 unspecified atom stereocenters. The Bertz CT molecular complexity index is 605. The molecule has 0 saturated carbocycles. The zero-order valence-electron chi connectivity index (χ0n) is 16.2. The Morgan fingerprint density at radius 1 is 1.32 bits per heavy atom. The Labute approximate surface area is 151 Å². The molecule has 0 atom stereocenters. The van der Waals surface area contributed by atoms with Gasteiger partial charge < -0.3 is 14.5 Å². The highest BCUT2D eigenvalue weighted by atomic mass is 16.5. The maximum absolute atomic E-state index is 12.7. The van der Waals surface area contributed by atoms with Gasteiger partial charge in [0.05, 0.1) is 6.61 Å². The van der Waals surface area contributed by atoms with Crippen molar-refractivity contribution in [3.8, 4) is 0 Å². The minimum Gasteiger partial charge on any atom is -0.465 e. The Balaban J connectivity index is 2.19. The molecule has 1 saturated heterocycles. The molecule has 1 aromatic rings. The quantitative estimate of drug-likeness (QED) is 0.621. The molecule has 0 spiro atoms. The number of hydrogen-bond donors (Lipinski definition) is 0. The molecule has 2 rings (SSSR count). The number of nitrogens with zero attached hydrogens (tertiary/aromatic N) is 3. The Morgan fingerprint density at radius 2 is 1.96 bits per heavy atom. The van der Waals surface area contributed by atoms with Gasteiger partial charge >= 0.3 is 0 Å². The molecular weight excluding hydrogens is 314 g/mol. The average molecular weight is 345 g/mol. The molecule has 0 aliphatic carbocycles. The van der Waals surface area contributed by atoms with Crippen LogP contribution in [0.15, 0.2) is 29.3 Å². The van der Waals surface area contributed by atoms with Crippen molar-refractivity contribution in [3.05, 3.63) is 35.4 Å². The highest BCUT2D eigenvalue weighted by molar-refractivity contribution is 6.02. The summed E-state index contributed by atoms with van der Waals surface area (Å²) in [5, 5.41) is 0. The first kappa shape index (κ1) is 19.4. The van der Waals surface area contributed by atoms with Gasteiger partial charge in [-0.05, 0) is 57.5 Å². The molecule has 0 aromatic heterocycles. The number of carbonyl (C=O) groups is 1. The van der Waals surface area contributed by atoms with Crippen LogP contribution in [0, 0.1) is 12.8 Å². The third kappa shape index (κ3) is 5.56. The molecule has 1 heterocycles. The highest BCUT2D eigenvalue weighted by Crippen LogP contribution is 2.16. The van der Waals surface area contributed by atoms with E-state index in [1.807, 2.05) is 43.1 Å². The standard InChI is InChI=1S/C20H31N3O2/c1-15(2)14-25-20(23(5)17-10-12-22(4)13-11-17)21-19(24)18-9-7-6-8-16(18)3/h6-9,15,17H,10-14H2,1-5H3. The van der Waals surface area contributed by atoms with Crippen molar-refractivity contribution < 1.29 is 9.53 Å². The number of amidine groups is 1. The Hall–Kier alpha value is -1.88. The predicted octanol–water partition coefficient (Wildman–Crippen LogP) is 3.19. The molecular formula is C20H31N3O2. The second-order valence-electron chi connectivity index (χ2n) is 7.36. The summed E-state index contributed by atoms with van der Waals surface area (Å²) >= 11 is 0. The van der Waals surface area contributed by atoms with Crippen LogP contribution in [0.25, 0.3) is 0 Å². The van der Waals surface area contributed by atoms with Crippen molar-refractivity contribution in [3.63, 3.8) is 0 Å². The molecule has 1 aliphatic rings. The summed E-state index contributed by atoms with van der Waals surface area (Å²) < 4.78 is 5.92. The van der Waals surface area contributed by atoms with E-state index in [2.05, 4.69) is 30.8 Å². The summed E-state index contributed by atoms with van der Waals surface area (Å²) in [6.07, 6.45) is 2.10. The number of likely N-dealkylation sites (tertiary alicyclic amines) is 1. The Morgan fingerprint density at radius 3 is 2.56 bits per heavy atom. The summed E-state index contributed by atoms with van der Waals surface area (Å²) in [7, 11) is 4.13. The Kier molecular flexibility index (Phi) is 7.00. The van der Waals surface area contributed by atoms with E-state index >= 15 is 0 Å². The third-order valence-corrected chi connectivity index (χ3v) is 4.66. The minimum atomic E-state index is -0.239. The molecule has 0 radical (unpaired) electrons. The molecule has 1 aromatic carbocycles. The van der Waals surface area contributed by atoms with Crippen molar-refractivity contribution in [2.75, 3.05) is 33.8 Å². The smallest absolute Gasteiger partial charge is 0.295 e. The summed E-state index contributed by atoms with van der Waals surface area (Å²) in [6.45, 7) is 8.78. The first-order chi connectivity index (χ1) is 11.9. The fourth-order valence-corrected chi connectivity index (χ4v) is 2.95. The molecule has 5 nitrogen and oxygen atoms in total. The molecule has 0 N–H and O–H groups in total. The number of hydrogen-bond acceptors (Lipinski definition) is 3. The third-order valence-electron chi connectivity index (χ3n) is 4.66. The molecule has 0 bridgehead atoms. The van der Waals surface area contributed by atoms with Crippen LogP contribution in [0.2, 0.25) is 0 Å². The summed E-state index contributed by atoms with van der Waals surface area (Å²) in [5.41, 5.74) is 1.56. The number of carbonyl (C=O) groups excluding carboxylic acids is 1. The maximum Gasteiger partial charge on any atom is 0.295 e. The van der Waals surface area contributed by atoms with Crippen LogP contribution in [0.4, 0.5) is 0 Å². The van der Waals surface area contributed by atoms with Gasteiger partial charge in [-0.2, -0.15) is 4.99 Å². The van der Waals surface area contributed by atoms with Gasteiger partial charge in [-0.15, -0.1) is 0 Å². The van der Waals surface area contributed by atoms with Gasteiger partial charge in [-0.1, -0.05) is 32.0 Å². The topological polar surface area (TPSA) is 45.1 Å². The van der Waals surface area contributed by atoms with E-state index < -0.39 is 0 Å². The number of aliphatic imine (C=N–C) groups is 1. The van der Waals surface area contributed by atoms with E-state index in [4.69, 9.17) is 4.74 Å². The summed E-state index contributed by atoms with van der Waals surface area (Å²) in [4.78, 5) is 21.4. The van der Waals surface area contributed by atoms with Crippen LogP contribution in [-0.4, -0.2) is 61.6 Å². The summed E-state index contributed by atoms with van der Waals surface area (Å²) in [5.74, 6) is 0.140. The van der Waals surface area contributed by atoms with E-state index in [1.165, 1.54) is 0 Å². The van der Waals surface area contributed by atoms with Crippen LogP contribution in [-0.2, 0) is 4.74 Å². The van der Waals surface area contributed by atoms with Crippen molar-refractivity contribution in [2.24, 2.45) is 10.9 Å². The maximum atomic E-state index is 12.7. The van der Waals surface area contributed by atoms with Crippen LogP contribution < -0.4 is 0 Å². The van der Waals surface area contributed by atoms with E-state index in [1.54, 1.807) is 0 Å².